The number of aromatic nitrogens is 3. The molecule has 0 spiro atoms. The fourth-order valence-corrected chi connectivity index (χ4v) is 3.01. The highest BCUT2D eigenvalue weighted by Gasteiger charge is 2.33. The molecule has 7 nitrogen and oxygen atoms in total. The van der Waals surface area contributed by atoms with Gasteiger partial charge in [0.15, 0.2) is 0 Å². The molecule has 1 unspecified atom stereocenters. The molecule has 1 atom stereocenters. The van der Waals surface area contributed by atoms with E-state index in [2.05, 4.69) is 25.6 Å². The number of nitrogens with zero attached hydrogens (tertiary/aromatic N) is 3. The molecular formula is C20H19N5O2. The quantitative estimate of drug-likeness (QED) is 0.700. The van der Waals surface area contributed by atoms with Crippen LogP contribution in [0.15, 0.2) is 55.1 Å². The van der Waals surface area contributed by atoms with Gasteiger partial charge in [-0.3, -0.25) is 14.6 Å². The maximum Gasteiger partial charge on any atom is 0.270 e. The van der Waals surface area contributed by atoms with Crippen molar-refractivity contribution in [3.8, 4) is 0 Å². The second-order valence-electron chi connectivity index (χ2n) is 6.63. The molecular weight excluding hydrogens is 342 g/mol. The van der Waals surface area contributed by atoms with Crippen molar-refractivity contribution in [2.24, 2.45) is 5.92 Å². The van der Waals surface area contributed by atoms with Gasteiger partial charge in [0.25, 0.3) is 11.8 Å². The van der Waals surface area contributed by atoms with E-state index in [4.69, 9.17) is 0 Å². The van der Waals surface area contributed by atoms with E-state index in [-0.39, 0.29) is 17.9 Å². The van der Waals surface area contributed by atoms with E-state index in [0.29, 0.717) is 23.7 Å². The van der Waals surface area contributed by atoms with Crippen molar-refractivity contribution in [1.29, 1.82) is 0 Å². The van der Waals surface area contributed by atoms with E-state index in [1.807, 2.05) is 18.2 Å². The zero-order valence-corrected chi connectivity index (χ0v) is 14.6. The SMILES string of the molecule is O=C(NCC(NC(=O)c1ccncn1)C1CC1)c1ccc2cccnc2c1. The second kappa shape index (κ2) is 7.49. The Balaban J connectivity index is 1.40. The van der Waals surface area contributed by atoms with Crippen LogP contribution in [-0.2, 0) is 0 Å². The molecule has 27 heavy (non-hydrogen) atoms. The summed E-state index contributed by atoms with van der Waals surface area (Å²) in [7, 11) is 0. The first-order chi connectivity index (χ1) is 13.2. The van der Waals surface area contributed by atoms with Crippen LogP contribution in [0.5, 0.6) is 0 Å². The van der Waals surface area contributed by atoms with E-state index >= 15 is 0 Å². The van der Waals surface area contributed by atoms with Gasteiger partial charge in [-0.1, -0.05) is 12.1 Å². The average molecular weight is 361 g/mol. The Morgan fingerprint density at radius 3 is 2.74 bits per heavy atom. The largest absolute Gasteiger partial charge is 0.350 e. The summed E-state index contributed by atoms with van der Waals surface area (Å²) in [6, 6.07) is 10.7. The van der Waals surface area contributed by atoms with Crippen molar-refractivity contribution >= 4 is 22.7 Å². The third-order valence-corrected chi connectivity index (χ3v) is 4.67. The fourth-order valence-electron chi connectivity index (χ4n) is 3.01. The Kier molecular flexibility index (Phi) is 4.74. The first-order valence-corrected chi connectivity index (χ1v) is 8.90. The summed E-state index contributed by atoms with van der Waals surface area (Å²) < 4.78 is 0. The number of carbonyl (C=O) groups excluding carboxylic acids is 2. The van der Waals surface area contributed by atoms with Crippen LogP contribution in [-0.4, -0.2) is 39.4 Å². The van der Waals surface area contributed by atoms with Gasteiger partial charge >= 0.3 is 0 Å². The van der Waals surface area contributed by atoms with Gasteiger partial charge in [0.2, 0.25) is 0 Å². The summed E-state index contributed by atoms with van der Waals surface area (Å²) in [6.07, 6.45) is 6.67. The summed E-state index contributed by atoms with van der Waals surface area (Å²) in [5.74, 6) is -0.0442. The molecule has 2 N–H and O–H groups in total. The van der Waals surface area contributed by atoms with E-state index in [0.717, 1.165) is 23.7 Å². The van der Waals surface area contributed by atoms with Crippen LogP contribution in [0.2, 0.25) is 0 Å². The number of amides is 2. The highest BCUT2D eigenvalue weighted by molar-refractivity contribution is 5.98. The van der Waals surface area contributed by atoms with Crippen LogP contribution in [0.4, 0.5) is 0 Å². The normalized spacial score (nSPS) is 14.5. The third-order valence-electron chi connectivity index (χ3n) is 4.67. The number of nitrogens with one attached hydrogen (secondary N) is 2. The van der Waals surface area contributed by atoms with E-state index in [1.165, 1.54) is 12.5 Å². The number of hydrogen-bond donors (Lipinski definition) is 2. The molecule has 4 rings (SSSR count). The zero-order chi connectivity index (χ0) is 18.6. The lowest BCUT2D eigenvalue weighted by Crippen LogP contribution is -2.45. The van der Waals surface area contributed by atoms with Gasteiger partial charge < -0.3 is 10.6 Å². The minimum atomic E-state index is -0.251. The first-order valence-electron chi connectivity index (χ1n) is 8.90. The summed E-state index contributed by atoms with van der Waals surface area (Å²) in [5, 5.41) is 6.89. The van der Waals surface area contributed by atoms with Crippen molar-refractivity contribution in [1.82, 2.24) is 25.6 Å². The van der Waals surface area contributed by atoms with Crippen molar-refractivity contribution in [3.05, 3.63) is 66.4 Å². The predicted molar refractivity (Wildman–Crippen MR) is 100 cm³/mol. The molecule has 2 amide bonds. The zero-order valence-electron chi connectivity index (χ0n) is 14.6. The maximum absolute atomic E-state index is 12.5. The Morgan fingerprint density at radius 1 is 1.07 bits per heavy atom. The summed E-state index contributed by atoms with van der Waals surface area (Å²) in [5.41, 5.74) is 1.65. The van der Waals surface area contributed by atoms with Gasteiger partial charge in [0, 0.05) is 35.9 Å². The predicted octanol–water partition coefficient (Wildman–Crippen LogP) is 1.96. The summed E-state index contributed by atoms with van der Waals surface area (Å²) in [6.45, 7) is 0.376. The monoisotopic (exact) mass is 361 g/mol. The van der Waals surface area contributed by atoms with E-state index < -0.39 is 0 Å². The number of hydrogen-bond acceptors (Lipinski definition) is 5. The molecule has 3 aromatic rings. The number of carbonyl (C=O) groups is 2. The van der Waals surface area contributed by atoms with Gasteiger partial charge in [-0.15, -0.1) is 0 Å². The molecule has 1 aromatic carbocycles. The third kappa shape index (κ3) is 4.08. The van der Waals surface area contributed by atoms with Gasteiger partial charge in [-0.2, -0.15) is 0 Å². The van der Waals surface area contributed by atoms with Crippen LogP contribution in [0, 0.1) is 5.92 Å². The minimum absolute atomic E-state index is 0.116. The van der Waals surface area contributed by atoms with Gasteiger partial charge in [0.1, 0.15) is 12.0 Å². The smallest absolute Gasteiger partial charge is 0.270 e. The molecule has 1 fully saturated rings. The molecule has 136 valence electrons. The van der Waals surface area contributed by atoms with Gasteiger partial charge in [0.05, 0.1) is 5.52 Å². The van der Waals surface area contributed by atoms with Crippen LogP contribution in [0.25, 0.3) is 10.9 Å². The standard InChI is InChI=1S/C20H19N5O2/c26-19(15-6-5-13-2-1-8-22-17(13)10-15)23-11-18(14-3-4-14)25-20(27)16-7-9-21-12-24-16/h1-2,5-10,12,14,18H,3-4,11H2,(H,23,26)(H,25,27). The lowest BCUT2D eigenvalue weighted by atomic mass is 10.1. The molecule has 1 saturated carbocycles. The van der Waals surface area contributed by atoms with Crippen molar-refractivity contribution < 1.29 is 9.59 Å². The highest BCUT2D eigenvalue weighted by Crippen LogP contribution is 2.32. The number of pyridine rings is 1. The molecule has 0 saturated heterocycles. The Bertz CT molecular complexity index is 972. The van der Waals surface area contributed by atoms with Crippen molar-refractivity contribution in [2.45, 2.75) is 18.9 Å². The lowest BCUT2D eigenvalue weighted by Gasteiger charge is -2.18. The minimum Gasteiger partial charge on any atom is -0.350 e. The molecule has 1 aliphatic rings. The number of rotatable bonds is 6. The van der Waals surface area contributed by atoms with Crippen molar-refractivity contribution in [2.75, 3.05) is 6.54 Å². The fraction of sp³-hybridized carbons (Fsp3) is 0.250. The Labute approximate surface area is 156 Å². The first kappa shape index (κ1) is 17.1. The highest BCUT2D eigenvalue weighted by atomic mass is 16.2. The second-order valence-corrected chi connectivity index (χ2v) is 6.63. The molecule has 1 aliphatic carbocycles. The topological polar surface area (TPSA) is 96.9 Å². The van der Waals surface area contributed by atoms with E-state index in [9.17, 15) is 9.59 Å². The molecule has 7 heteroatoms. The summed E-state index contributed by atoms with van der Waals surface area (Å²) >= 11 is 0. The number of fused-ring (bicyclic) bond motifs is 1. The van der Waals surface area contributed by atoms with Crippen LogP contribution in [0.3, 0.4) is 0 Å². The van der Waals surface area contributed by atoms with E-state index in [1.54, 1.807) is 24.4 Å². The maximum atomic E-state index is 12.5. The molecule has 2 aromatic heterocycles. The Morgan fingerprint density at radius 2 is 1.96 bits per heavy atom. The van der Waals surface area contributed by atoms with Crippen molar-refractivity contribution in [3.63, 3.8) is 0 Å². The molecule has 0 radical (unpaired) electrons. The average Bonchev–Trinajstić information content (AvgIpc) is 3.56. The van der Waals surface area contributed by atoms with Crippen LogP contribution >= 0.6 is 0 Å². The lowest BCUT2D eigenvalue weighted by molar-refractivity contribution is 0.0900. The molecule has 2 heterocycles. The van der Waals surface area contributed by atoms with Gasteiger partial charge in [-0.25, -0.2) is 9.97 Å². The molecule has 0 aliphatic heterocycles. The van der Waals surface area contributed by atoms with Crippen LogP contribution in [0.1, 0.15) is 33.7 Å². The van der Waals surface area contributed by atoms with Gasteiger partial charge in [-0.05, 0) is 43.0 Å². The Hall–Kier alpha value is -3.35. The molecule has 0 bridgehead atoms. The number of benzene rings is 1. The summed E-state index contributed by atoms with van der Waals surface area (Å²) in [4.78, 5) is 36.9. The van der Waals surface area contributed by atoms with Crippen LogP contribution < -0.4 is 10.6 Å².